The van der Waals surface area contributed by atoms with Gasteiger partial charge in [-0.1, -0.05) is 20.8 Å². The number of nitrogen functional groups attached to an aromatic ring is 1. The standard InChI is InChI=1S/C14H24N4O/c1-10(2)13-17-11(15)8-12(18-13)16-9-14(3)4-6-19-7-5-14/h8,10H,4-7,9H2,1-3H3,(H3,15,16,17,18). The first-order valence-corrected chi connectivity index (χ1v) is 6.95. The molecule has 1 aromatic rings. The van der Waals surface area contributed by atoms with E-state index in [1.54, 1.807) is 6.07 Å². The molecule has 19 heavy (non-hydrogen) atoms. The van der Waals surface area contributed by atoms with Crippen LogP contribution in [0.4, 0.5) is 11.6 Å². The molecule has 0 bridgehead atoms. The summed E-state index contributed by atoms with van der Waals surface area (Å²) in [5.41, 5.74) is 6.10. The Hall–Kier alpha value is -1.36. The van der Waals surface area contributed by atoms with Crippen molar-refractivity contribution in [1.82, 2.24) is 9.97 Å². The highest BCUT2D eigenvalue weighted by molar-refractivity contribution is 5.45. The number of aromatic nitrogens is 2. The molecular formula is C14H24N4O. The number of nitrogens with zero attached hydrogens (tertiary/aromatic N) is 2. The van der Waals surface area contributed by atoms with E-state index in [0.717, 1.165) is 44.2 Å². The summed E-state index contributed by atoms with van der Waals surface area (Å²) >= 11 is 0. The summed E-state index contributed by atoms with van der Waals surface area (Å²) in [6, 6.07) is 1.80. The van der Waals surface area contributed by atoms with Gasteiger partial charge >= 0.3 is 0 Å². The maximum absolute atomic E-state index is 5.83. The number of nitrogens with one attached hydrogen (secondary N) is 1. The molecule has 5 heteroatoms. The fraction of sp³-hybridized carbons (Fsp3) is 0.714. The highest BCUT2D eigenvalue weighted by atomic mass is 16.5. The van der Waals surface area contributed by atoms with Crippen molar-refractivity contribution in [3.8, 4) is 0 Å². The molecule has 0 aromatic carbocycles. The van der Waals surface area contributed by atoms with E-state index < -0.39 is 0 Å². The van der Waals surface area contributed by atoms with Gasteiger partial charge in [-0.15, -0.1) is 0 Å². The van der Waals surface area contributed by atoms with Crippen molar-refractivity contribution >= 4 is 11.6 Å². The van der Waals surface area contributed by atoms with Crippen LogP contribution in [-0.4, -0.2) is 29.7 Å². The molecule has 0 spiro atoms. The van der Waals surface area contributed by atoms with Gasteiger partial charge in [-0.05, 0) is 18.3 Å². The first-order valence-electron chi connectivity index (χ1n) is 6.95. The van der Waals surface area contributed by atoms with E-state index in [0.29, 0.717) is 5.82 Å². The van der Waals surface area contributed by atoms with Gasteiger partial charge in [0.05, 0.1) is 0 Å². The Morgan fingerprint density at radius 1 is 1.37 bits per heavy atom. The van der Waals surface area contributed by atoms with Crippen molar-refractivity contribution in [2.45, 2.75) is 39.5 Å². The zero-order valence-electron chi connectivity index (χ0n) is 12.1. The monoisotopic (exact) mass is 264 g/mol. The minimum Gasteiger partial charge on any atom is -0.384 e. The second kappa shape index (κ2) is 5.74. The van der Waals surface area contributed by atoms with Gasteiger partial charge in [-0.25, -0.2) is 9.97 Å². The molecule has 1 fully saturated rings. The fourth-order valence-electron chi connectivity index (χ4n) is 2.18. The molecule has 0 saturated carbocycles. The van der Waals surface area contributed by atoms with Crippen molar-refractivity contribution < 1.29 is 4.74 Å². The minimum atomic E-state index is 0.274. The molecule has 2 rings (SSSR count). The third kappa shape index (κ3) is 3.80. The van der Waals surface area contributed by atoms with Crippen LogP contribution in [0.15, 0.2) is 6.07 Å². The number of ether oxygens (including phenoxy) is 1. The Labute approximate surface area is 115 Å². The first kappa shape index (κ1) is 14.1. The van der Waals surface area contributed by atoms with Crippen LogP contribution in [0, 0.1) is 5.41 Å². The number of rotatable bonds is 4. The van der Waals surface area contributed by atoms with E-state index in [4.69, 9.17) is 10.5 Å². The van der Waals surface area contributed by atoms with Gasteiger partial charge in [-0.3, -0.25) is 0 Å². The quantitative estimate of drug-likeness (QED) is 0.873. The summed E-state index contributed by atoms with van der Waals surface area (Å²) in [5, 5.41) is 3.40. The summed E-state index contributed by atoms with van der Waals surface area (Å²) in [7, 11) is 0. The Balaban J connectivity index is 2.02. The maximum atomic E-state index is 5.83. The van der Waals surface area contributed by atoms with Gasteiger partial charge in [0.25, 0.3) is 0 Å². The van der Waals surface area contributed by atoms with Crippen LogP contribution in [0.25, 0.3) is 0 Å². The largest absolute Gasteiger partial charge is 0.384 e. The molecule has 106 valence electrons. The molecule has 0 amide bonds. The van der Waals surface area contributed by atoms with Gasteiger partial charge in [0, 0.05) is 31.7 Å². The van der Waals surface area contributed by atoms with Crippen molar-refractivity contribution in [2.75, 3.05) is 30.8 Å². The average Bonchev–Trinajstić information content (AvgIpc) is 2.37. The van der Waals surface area contributed by atoms with Gasteiger partial charge < -0.3 is 15.8 Å². The lowest BCUT2D eigenvalue weighted by atomic mass is 9.82. The summed E-state index contributed by atoms with van der Waals surface area (Å²) < 4.78 is 5.41. The van der Waals surface area contributed by atoms with Gasteiger partial charge in [0.15, 0.2) is 0 Å². The maximum Gasteiger partial charge on any atom is 0.135 e. The normalized spacial score (nSPS) is 18.5. The van der Waals surface area contributed by atoms with Crippen LogP contribution in [0.1, 0.15) is 45.4 Å². The SMILES string of the molecule is CC(C)c1nc(N)cc(NCC2(C)CCOCC2)n1. The predicted octanol–water partition coefficient (Wildman–Crippen LogP) is 2.41. The number of hydrogen-bond donors (Lipinski definition) is 2. The topological polar surface area (TPSA) is 73.1 Å². The van der Waals surface area contributed by atoms with E-state index in [9.17, 15) is 0 Å². The van der Waals surface area contributed by atoms with Crippen LogP contribution in [0.3, 0.4) is 0 Å². The molecule has 0 unspecified atom stereocenters. The number of nitrogens with two attached hydrogens (primary N) is 1. The molecule has 0 atom stereocenters. The number of hydrogen-bond acceptors (Lipinski definition) is 5. The lowest BCUT2D eigenvalue weighted by Crippen LogP contribution is -2.33. The lowest BCUT2D eigenvalue weighted by Gasteiger charge is -2.33. The Kier molecular flexibility index (Phi) is 4.24. The molecule has 1 aliphatic heterocycles. The Morgan fingerprint density at radius 2 is 2.05 bits per heavy atom. The summed E-state index contributed by atoms with van der Waals surface area (Å²) in [6.07, 6.45) is 2.16. The van der Waals surface area contributed by atoms with Crippen molar-refractivity contribution in [2.24, 2.45) is 5.41 Å². The van der Waals surface area contributed by atoms with Crippen molar-refractivity contribution in [3.63, 3.8) is 0 Å². The van der Waals surface area contributed by atoms with Crippen LogP contribution in [-0.2, 0) is 4.74 Å². The Morgan fingerprint density at radius 3 is 2.68 bits per heavy atom. The molecule has 1 saturated heterocycles. The zero-order valence-corrected chi connectivity index (χ0v) is 12.1. The minimum absolute atomic E-state index is 0.274. The first-order chi connectivity index (χ1) is 8.98. The smallest absolute Gasteiger partial charge is 0.135 e. The van der Waals surface area contributed by atoms with Crippen molar-refractivity contribution in [1.29, 1.82) is 0 Å². The van der Waals surface area contributed by atoms with E-state index in [2.05, 4.69) is 36.1 Å². The highest BCUT2D eigenvalue weighted by Gasteiger charge is 2.27. The average molecular weight is 264 g/mol. The summed E-state index contributed by atoms with van der Waals surface area (Å²) in [4.78, 5) is 8.77. The summed E-state index contributed by atoms with van der Waals surface area (Å²) in [5.74, 6) is 2.42. The van der Waals surface area contributed by atoms with Crippen LogP contribution >= 0.6 is 0 Å². The molecule has 0 radical (unpaired) electrons. The van der Waals surface area contributed by atoms with E-state index in [1.807, 2.05) is 0 Å². The second-order valence-corrected chi connectivity index (χ2v) is 5.97. The van der Waals surface area contributed by atoms with Gasteiger partial charge in [0.2, 0.25) is 0 Å². The van der Waals surface area contributed by atoms with Crippen molar-refractivity contribution in [3.05, 3.63) is 11.9 Å². The molecule has 1 aromatic heterocycles. The summed E-state index contributed by atoms with van der Waals surface area (Å²) in [6.45, 7) is 9.01. The van der Waals surface area contributed by atoms with E-state index in [1.165, 1.54) is 0 Å². The van der Waals surface area contributed by atoms with E-state index in [-0.39, 0.29) is 11.3 Å². The molecule has 2 heterocycles. The molecule has 0 aliphatic carbocycles. The molecule has 1 aliphatic rings. The highest BCUT2D eigenvalue weighted by Crippen LogP contribution is 2.30. The second-order valence-electron chi connectivity index (χ2n) is 5.97. The van der Waals surface area contributed by atoms with Crippen LogP contribution in [0.2, 0.25) is 0 Å². The Bertz CT molecular complexity index is 427. The predicted molar refractivity (Wildman–Crippen MR) is 77.2 cm³/mol. The fourth-order valence-corrected chi connectivity index (χ4v) is 2.18. The van der Waals surface area contributed by atoms with Crippen LogP contribution < -0.4 is 11.1 Å². The van der Waals surface area contributed by atoms with Gasteiger partial charge in [-0.2, -0.15) is 0 Å². The molecular weight excluding hydrogens is 240 g/mol. The lowest BCUT2D eigenvalue weighted by molar-refractivity contribution is 0.0299. The van der Waals surface area contributed by atoms with E-state index >= 15 is 0 Å². The third-order valence-electron chi connectivity index (χ3n) is 3.68. The van der Waals surface area contributed by atoms with Gasteiger partial charge in [0.1, 0.15) is 17.5 Å². The third-order valence-corrected chi connectivity index (χ3v) is 3.68. The molecule has 5 nitrogen and oxygen atoms in total. The number of anilines is 2. The molecule has 3 N–H and O–H groups in total. The zero-order chi connectivity index (χ0) is 13.9. The van der Waals surface area contributed by atoms with Crippen LogP contribution in [0.5, 0.6) is 0 Å².